The summed E-state index contributed by atoms with van der Waals surface area (Å²) >= 11 is 0. The molecule has 0 radical (unpaired) electrons. The molecular weight excluding hydrogens is 802 g/mol. The molecule has 0 aliphatic heterocycles. The van der Waals surface area contributed by atoms with Crippen molar-refractivity contribution in [1.82, 2.24) is 44.9 Å². The predicted octanol–water partition coefficient (Wildman–Crippen LogP) is -9.72. The number of nitrogens with one attached hydrogen (secondary N) is 2. The smallest absolute Gasteiger partial charge is 0.242 e. The molecule has 7 atom stereocenters. The Labute approximate surface area is 349 Å². The fourth-order valence-electron chi connectivity index (χ4n) is 5.14. The van der Waals surface area contributed by atoms with Gasteiger partial charge in [0.25, 0.3) is 0 Å². The molecule has 0 saturated heterocycles. The third-order valence-corrected chi connectivity index (χ3v) is 9.36. The van der Waals surface area contributed by atoms with Crippen LogP contribution >= 0.6 is 0 Å². The summed E-state index contributed by atoms with van der Waals surface area (Å²) in [5.41, 5.74) is 0. The van der Waals surface area contributed by atoms with Gasteiger partial charge in [0.1, 0.15) is 30.5 Å². The van der Waals surface area contributed by atoms with Crippen LogP contribution in [-0.2, 0) is 33.6 Å². The lowest BCUT2D eigenvalue weighted by Gasteiger charge is -2.31. The van der Waals surface area contributed by atoms with Gasteiger partial charge in [-0.25, -0.2) is 0 Å². The van der Waals surface area contributed by atoms with E-state index in [0.717, 1.165) is 24.5 Å². The summed E-state index contributed by atoms with van der Waals surface area (Å²) in [5, 5.41) is 93.4. The van der Waals surface area contributed by atoms with Crippen LogP contribution in [0.4, 0.5) is 0 Å². The van der Waals surface area contributed by atoms with E-state index in [4.69, 9.17) is 10.2 Å². The number of carbonyl (C=O) groups excluding carboxylic acids is 7. The summed E-state index contributed by atoms with van der Waals surface area (Å²) in [5.74, 6) is -3.93. The lowest BCUT2D eigenvalue weighted by atomic mass is 10.0. The van der Waals surface area contributed by atoms with E-state index in [1.54, 1.807) is 7.05 Å². The maximum Gasteiger partial charge on any atom is 0.242 e. The SMILES string of the molecule is CNCC(=O)N(C)CC(=O)N(C)CC(=O)N(C)CC(=O)N(C)CC(=O)N(C)CC(=O)N(C)CC(=O)NCCN(CC[C@H](O)[C@@H](O)[C@@H](O)CO)C[C@@H](O)[C@H](O)[C@@H](O)[C@@H](O)CO. The molecular formula is C35H67N9O16. The van der Waals surface area contributed by atoms with Crippen molar-refractivity contribution in [3.8, 4) is 0 Å². The molecule has 0 rings (SSSR count). The molecule has 0 aromatic carbocycles. The van der Waals surface area contributed by atoms with E-state index in [1.807, 2.05) is 0 Å². The summed E-state index contributed by atoms with van der Waals surface area (Å²) in [4.78, 5) is 96.1. The Balaban J connectivity index is 5.09. The van der Waals surface area contributed by atoms with Crippen LogP contribution in [0.1, 0.15) is 6.42 Å². The second kappa shape index (κ2) is 28.4. The van der Waals surface area contributed by atoms with Crippen molar-refractivity contribution >= 4 is 41.4 Å². The minimum absolute atomic E-state index is 0.0315. The minimum Gasteiger partial charge on any atom is -0.394 e. The van der Waals surface area contributed by atoms with Crippen molar-refractivity contribution in [3.05, 3.63) is 0 Å². The normalized spacial score (nSPS) is 14.8. The summed E-state index contributed by atoms with van der Waals surface area (Å²) < 4.78 is 0. The molecule has 0 aliphatic carbocycles. The van der Waals surface area contributed by atoms with Crippen LogP contribution in [0.3, 0.4) is 0 Å². The number of aliphatic hydroxyl groups excluding tert-OH is 9. The Bertz CT molecular complexity index is 1380. The van der Waals surface area contributed by atoms with Crippen LogP contribution < -0.4 is 10.6 Å². The molecule has 348 valence electrons. The van der Waals surface area contributed by atoms with Gasteiger partial charge < -0.3 is 86.0 Å². The van der Waals surface area contributed by atoms with Crippen molar-refractivity contribution in [1.29, 1.82) is 0 Å². The molecule has 0 fully saturated rings. The fourth-order valence-corrected chi connectivity index (χ4v) is 5.14. The zero-order valence-corrected chi connectivity index (χ0v) is 35.5. The number of hydrogen-bond donors (Lipinski definition) is 11. The van der Waals surface area contributed by atoms with Gasteiger partial charge in [0.2, 0.25) is 41.4 Å². The maximum absolute atomic E-state index is 12.8. The summed E-state index contributed by atoms with van der Waals surface area (Å²) in [6.45, 7) is -4.82. The van der Waals surface area contributed by atoms with Crippen LogP contribution in [0.25, 0.3) is 0 Å². The van der Waals surface area contributed by atoms with Gasteiger partial charge in [-0.2, -0.15) is 0 Å². The molecule has 11 N–H and O–H groups in total. The van der Waals surface area contributed by atoms with Crippen LogP contribution in [0.15, 0.2) is 0 Å². The predicted molar refractivity (Wildman–Crippen MR) is 210 cm³/mol. The van der Waals surface area contributed by atoms with Gasteiger partial charge in [0.05, 0.1) is 71.2 Å². The monoisotopic (exact) mass is 869 g/mol. The summed E-state index contributed by atoms with van der Waals surface area (Å²) in [7, 11) is 9.68. The molecule has 0 aromatic rings. The first kappa shape index (κ1) is 55.9. The highest BCUT2D eigenvalue weighted by Gasteiger charge is 2.32. The van der Waals surface area contributed by atoms with Gasteiger partial charge in [-0.05, 0) is 13.5 Å². The number of hydrogen-bond acceptors (Lipinski definition) is 18. The topological polar surface area (TPSA) is 348 Å². The maximum atomic E-state index is 12.8. The quantitative estimate of drug-likeness (QED) is 0.0332. The van der Waals surface area contributed by atoms with Crippen molar-refractivity contribution in [3.63, 3.8) is 0 Å². The van der Waals surface area contributed by atoms with Gasteiger partial charge in [-0.15, -0.1) is 0 Å². The van der Waals surface area contributed by atoms with E-state index in [-0.39, 0.29) is 51.6 Å². The van der Waals surface area contributed by atoms with E-state index in [2.05, 4.69) is 10.6 Å². The zero-order valence-electron chi connectivity index (χ0n) is 35.5. The van der Waals surface area contributed by atoms with Crippen LogP contribution in [-0.4, -0.2) is 299 Å². The average molecular weight is 870 g/mol. The lowest BCUT2D eigenvalue weighted by molar-refractivity contribution is -0.145. The Hall–Kier alpha value is -4.15. The highest BCUT2D eigenvalue weighted by Crippen LogP contribution is 2.10. The Morgan fingerprint density at radius 2 is 0.817 bits per heavy atom. The van der Waals surface area contributed by atoms with E-state index in [1.165, 1.54) is 52.1 Å². The van der Waals surface area contributed by atoms with Crippen LogP contribution in [0.2, 0.25) is 0 Å². The van der Waals surface area contributed by atoms with Crippen molar-refractivity contribution < 1.29 is 79.5 Å². The molecule has 0 aliphatic rings. The Kier molecular flexibility index (Phi) is 26.4. The van der Waals surface area contributed by atoms with Gasteiger partial charge in [-0.3, -0.25) is 38.5 Å². The van der Waals surface area contributed by atoms with Crippen molar-refractivity contribution in [2.24, 2.45) is 0 Å². The number of rotatable bonds is 29. The number of likely N-dealkylation sites (N-methyl/N-ethyl adjacent to an activating group) is 7. The van der Waals surface area contributed by atoms with E-state index in [9.17, 15) is 69.3 Å². The average Bonchev–Trinajstić information content (AvgIpc) is 3.20. The van der Waals surface area contributed by atoms with Gasteiger partial charge in [0.15, 0.2) is 0 Å². The van der Waals surface area contributed by atoms with Crippen molar-refractivity contribution in [2.45, 2.75) is 49.1 Å². The number of nitrogens with zero attached hydrogens (tertiary/aromatic N) is 7. The zero-order chi connectivity index (χ0) is 46.4. The molecule has 25 heteroatoms. The molecule has 0 aromatic heterocycles. The molecule has 0 spiro atoms. The molecule has 0 heterocycles. The first-order valence-corrected chi connectivity index (χ1v) is 19.0. The second-order valence-corrected chi connectivity index (χ2v) is 14.6. The van der Waals surface area contributed by atoms with E-state index in [0.29, 0.717) is 0 Å². The highest BCUT2D eigenvalue weighted by molar-refractivity contribution is 5.92. The van der Waals surface area contributed by atoms with Crippen LogP contribution in [0.5, 0.6) is 0 Å². The largest absolute Gasteiger partial charge is 0.394 e. The van der Waals surface area contributed by atoms with E-state index >= 15 is 0 Å². The van der Waals surface area contributed by atoms with Crippen LogP contribution in [0, 0.1) is 0 Å². The molecule has 25 nitrogen and oxygen atoms in total. The summed E-state index contributed by atoms with van der Waals surface area (Å²) in [6, 6.07) is 0. The number of aliphatic hydroxyl groups is 9. The van der Waals surface area contributed by atoms with Gasteiger partial charge >= 0.3 is 0 Å². The molecule has 0 unspecified atom stereocenters. The molecule has 0 bridgehead atoms. The minimum atomic E-state index is -1.92. The Morgan fingerprint density at radius 1 is 0.467 bits per heavy atom. The van der Waals surface area contributed by atoms with Gasteiger partial charge in [-0.1, -0.05) is 0 Å². The number of carbonyl (C=O) groups is 7. The third-order valence-electron chi connectivity index (χ3n) is 9.36. The Morgan fingerprint density at radius 3 is 1.20 bits per heavy atom. The van der Waals surface area contributed by atoms with Gasteiger partial charge in [0, 0.05) is 68.5 Å². The highest BCUT2D eigenvalue weighted by atomic mass is 16.4. The summed E-state index contributed by atoms with van der Waals surface area (Å²) in [6.07, 6.45) is -12.4. The second-order valence-electron chi connectivity index (χ2n) is 14.6. The number of amides is 7. The van der Waals surface area contributed by atoms with Crippen molar-refractivity contribution in [2.75, 3.05) is 135 Å². The third kappa shape index (κ3) is 20.4. The molecule has 0 saturated carbocycles. The first-order valence-electron chi connectivity index (χ1n) is 19.0. The van der Waals surface area contributed by atoms with E-state index < -0.39 is 124 Å². The first-order chi connectivity index (χ1) is 27.9. The molecule has 60 heavy (non-hydrogen) atoms. The molecule has 7 amide bonds. The fraction of sp³-hybridized carbons (Fsp3) is 0.800. The standard InChI is InChI=1S/C35H67N9O16/c1-36-12-27(52)39(3)15-29(54)41(5)17-31(56)43(7)19-32(57)42(6)18-30(55)40(4)16-28(53)38(2)14-26(51)37-9-11-44(10-8-22(47)33(58)24(49)20-45)13-23(48)34(59)35(60)25(50)21-46/h22-25,33-36,45-50,58-60H,8-21H2,1-7H3,(H,37,51)/t22-,23+,24-,25-,33+,34-,35-/m0/s1. The lowest BCUT2D eigenvalue weighted by Crippen LogP contribution is -2.51.